The van der Waals surface area contributed by atoms with Gasteiger partial charge >= 0.3 is 5.97 Å². The summed E-state index contributed by atoms with van der Waals surface area (Å²) in [7, 11) is 0. The van der Waals surface area contributed by atoms with E-state index in [1.54, 1.807) is 13.8 Å². The number of aromatic carboxylic acids is 1. The molecule has 0 amide bonds. The molecule has 0 saturated carbocycles. The van der Waals surface area contributed by atoms with E-state index in [0.717, 1.165) is 12.3 Å². The minimum Gasteiger partial charge on any atom is -0.488 e. The Balaban J connectivity index is 2.98. The standard InChI is InChI=1S/C14H13F2NO4/c1-3-17-6-8(14(19)20)12(18)7-5-9(15)13(21-4-2)10(16)11(7)17/h5-6H,3-4H2,1-2H3,(H,19,20). The Bertz CT molecular complexity index is 783. The summed E-state index contributed by atoms with van der Waals surface area (Å²) in [5.74, 6) is -4.07. The second kappa shape index (κ2) is 5.51. The molecule has 0 fully saturated rings. The molecule has 5 nitrogen and oxygen atoms in total. The van der Waals surface area contributed by atoms with Gasteiger partial charge in [0.05, 0.1) is 17.5 Å². The van der Waals surface area contributed by atoms with Crippen LogP contribution in [0, 0.1) is 11.6 Å². The van der Waals surface area contributed by atoms with Gasteiger partial charge in [0.25, 0.3) is 0 Å². The summed E-state index contributed by atoms with van der Waals surface area (Å²) in [4.78, 5) is 23.1. The second-order valence-electron chi connectivity index (χ2n) is 4.29. The Kier molecular flexibility index (Phi) is 3.93. The lowest BCUT2D eigenvalue weighted by Crippen LogP contribution is -2.20. The van der Waals surface area contributed by atoms with Crippen molar-refractivity contribution in [3.63, 3.8) is 0 Å². The average molecular weight is 297 g/mol. The molecule has 112 valence electrons. The predicted molar refractivity (Wildman–Crippen MR) is 71.9 cm³/mol. The van der Waals surface area contributed by atoms with Crippen LogP contribution >= 0.6 is 0 Å². The van der Waals surface area contributed by atoms with Gasteiger partial charge in [-0.1, -0.05) is 0 Å². The van der Waals surface area contributed by atoms with Crippen molar-refractivity contribution in [1.82, 2.24) is 4.57 Å². The molecule has 0 atom stereocenters. The minimum atomic E-state index is -1.45. The number of carboxylic acid groups (broad SMARTS) is 1. The number of aromatic nitrogens is 1. The van der Waals surface area contributed by atoms with Crippen LogP contribution in [-0.2, 0) is 6.54 Å². The number of pyridine rings is 1. The second-order valence-corrected chi connectivity index (χ2v) is 4.29. The average Bonchev–Trinajstić information content (AvgIpc) is 2.44. The van der Waals surface area contributed by atoms with Gasteiger partial charge < -0.3 is 14.4 Å². The van der Waals surface area contributed by atoms with Crippen LogP contribution in [0.4, 0.5) is 8.78 Å². The molecule has 0 radical (unpaired) electrons. The van der Waals surface area contributed by atoms with E-state index in [2.05, 4.69) is 0 Å². The highest BCUT2D eigenvalue weighted by Gasteiger charge is 2.22. The summed E-state index contributed by atoms with van der Waals surface area (Å²) >= 11 is 0. The molecule has 0 spiro atoms. The molecule has 7 heteroatoms. The predicted octanol–water partition coefficient (Wildman–Crippen LogP) is 2.40. The lowest BCUT2D eigenvalue weighted by atomic mass is 10.1. The molecular formula is C14H13F2NO4. The van der Waals surface area contributed by atoms with Gasteiger partial charge in [0.15, 0.2) is 17.4 Å². The number of fused-ring (bicyclic) bond motifs is 1. The number of halogens is 2. The first kappa shape index (κ1) is 15.0. The Labute approximate surface area is 118 Å². The lowest BCUT2D eigenvalue weighted by molar-refractivity contribution is 0.0695. The van der Waals surface area contributed by atoms with Crippen LogP contribution in [0.5, 0.6) is 5.75 Å². The Morgan fingerprint density at radius 2 is 2.05 bits per heavy atom. The van der Waals surface area contributed by atoms with Crippen LogP contribution < -0.4 is 10.2 Å². The van der Waals surface area contributed by atoms with Crippen molar-refractivity contribution >= 4 is 16.9 Å². The third kappa shape index (κ3) is 2.35. The first-order valence-corrected chi connectivity index (χ1v) is 6.33. The minimum absolute atomic E-state index is 0.0584. The van der Waals surface area contributed by atoms with Crippen molar-refractivity contribution in [3.8, 4) is 5.75 Å². The molecule has 2 aromatic rings. The van der Waals surface area contributed by atoms with Crippen LogP contribution in [0.25, 0.3) is 10.9 Å². The van der Waals surface area contributed by atoms with Gasteiger partial charge in [0.2, 0.25) is 5.43 Å². The molecule has 21 heavy (non-hydrogen) atoms. The molecule has 0 aliphatic heterocycles. The van der Waals surface area contributed by atoms with E-state index in [1.807, 2.05) is 0 Å². The van der Waals surface area contributed by atoms with E-state index in [-0.39, 0.29) is 24.1 Å². The van der Waals surface area contributed by atoms with Crippen molar-refractivity contribution in [2.45, 2.75) is 20.4 Å². The van der Waals surface area contributed by atoms with Crippen LogP contribution in [0.3, 0.4) is 0 Å². The van der Waals surface area contributed by atoms with Crippen molar-refractivity contribution in [3.05, 3.63) is 39.7 Å². The van der Waals surface area contributed by atoms with Gasteiger partial charge in [-0.3, -0.25) is 4.79 Å². The van der Waals surface area contributed by atoms with E-state index in [0.29, 0.717) is 0 Å². The van der Waals surface area contributed by atoms with Gasteiger partial charge in [-0.15, -0.1) is 0 Å². The van der Waals surface area contributed by atoms with Gasteiger partial charge in [-0.25, -0.2) is 13.6 Å². The maximum Gasteiger partial charge on any atom is 0.341 e. The number of carbonyl (C=O) groups is 1. The molecule has 1 heterocycles. The summed E-state index contributed by atoms with van der Waals surface area (Å²) < 4.78 is 34.4. The van der Waals surface area contributed by atoms with Gasteiger partial charge in [-0.2, -0.15) is 0 Å². The summed E-state index contributed by atoms with van der Waals surface area (Å²) in [6.45, 7) is 3.50. The summed E-state index contributed by atoms with van der Waals surface area (Å²) in [6.07, 6.45) is 1.05. The number of rotatable bonds is 4. The Morgan fingerprint density at radius 3 is 2.57 bits per heavy atom. The quantitative estimate of drug-likeness (QED) is 0.941. The topological polar surface area (TPSA) is 68.5 Å². The fraction of sp³-hybridized carbons (Fsp3) is 0.286. The molecule has 2 rings (SSSR count). The number of hydrogen-bond acceptors (Lipinski definition) is 3. The van der Waals surface area contributed by atoms with Crippen molar-refractivity contribution in [1.29, 1.82) is 0 Å². The largest absolute Gasteiger partial charge is 0.488 e. The molecule has 0 saturated heterocycles. The molecule has 1 aromatic carbocycles. The SMILES string of the molecule is CCOc1c(F)cc2c(=O)c(C(=O)O)cn(CC)c2c1F. The number of aryl methyl sites for hydroxylation is 1. The molecular weight excluding hydrogens is 284 g/mol. The summed E-state index contributed by atoms with van der Waals surface area (Å²) in [6, 6.07) is 0.810. The highest BCUT2D eigenvalue weighted by molar-refractivity contribution is 5.93. The lowest BCUT2D eigenvalue weighted by Gasteiger charge is -2.14. The Hall–Kier alpha value is -2.44. The normalized spacial score (nSPS) is 10.9. The maximum absolute atomic E-state index is 14.4. The highest BCUT2D eigenvalue weighted by Crippen LogP contribution is 2.28. The molecule has 0 unspecified atom stereocenters. The smallest absolute Gasteiger partial charge is 0.341 e. The first-order valence-electron chi connectivity index (χ1n) is 6.33. The first-order chi connectivity index (χ1) is 9.92. The van der Waals surface area contributed by atoms with Gasteiger partial charge in [-0.05, 0) is 19.9 Å². The summed E-state index contributed by atoms with van der Waals surface area (Å²) in [5.41, 5.74) is -1.63. The van der Waals surface area contributed by atoms with Crippen molar-refractivity contribution < 1.29 is 23.4 Å². The van der Waals surface area contributed by atoms with Crippen LogP contribution in [0.1, 0.15) is 24.2 Å². The number of ether oxygens (including phenoxy) is 1. The third-order valence-corrected chi connectivity index (χ3v) is 3.07. The maximum atomic E-state index is 14.4. The molecule has 0 aliphatic rings. The van der Waals surface area contributed by atoms with E-state index in [1.165, 1.54) is 4.57 Å². The highest BCUT2D eigenvalue weighted by atomic mass is 19.1. The number of benzene rings is 1. The molecule has 1 N–H and O–H groups in total. The van der Waals surface area contributed by atoms with Crippen molar-refractivity contribution in [2.24, 2.45) is 0 Å². The zero-order chi connectivity index (χ0) is 15.7. The zero-order valence-electron chi connectivity index (χ0n) is 11.4. The summed E-state index contributed by atoms with van der Waals surface area (Å²) in [5, 5.41) is 8.67. The van der Waals surface area contributed by atoms with E-state index >= 15 is 0 Å². The van der Waals surface area contributed by atoms with Crippen molar-refractivity contribution in [2.75, 3.05) is 6.61 Å². The number of nitrogens with zero attached hydrogens (tertiary/aromatic N) is 1. The van der Waals surface area contributed by atoms with E-state index < -0.39 is 34.3 Å². The Morgan fingerprint density at radius 1 is 1.38 bits per heavy atom. The molecule has 0 bridgehead atoms. The number of carboxylic acids is 1. The zero-order valence-corrected chi connectivity index (χ0v) is 11.4. The monoisotopic (exact) mass is 297 g/mol. The van der Waals surface area contributed by atoms with Gasteiger partial charge in [0.1, 0.15) is 5.56 Å². The fourth-order valence-electron chi connectivity index (χ4n) is 2.15. The molecule has 1 aromatic heterocycles. The van der Waals surface area contributed by atoms with Crippen LogP contribution in [0.15, 0.2) is 17.1 Å². The fourth-order valence-corrected chi connectivity index (χ4v) is 2.15. The molecule has 0 aliphatic carbocycles. The number of hydrogen-bond donors (Lipinski definition) is 1. The van der Waals surface area contributed by atoms with E-state index in [4.69, 9.17) is 9.84 Å². The third-order valence-electron chi connectivity index (χ3n) is 3.07. The van der Waals surface area contributed by atoms with Crippen LogP contribution in [-0.4, -0.2) is 22.2 Å². The van der Waals surface area contributed by atoms with Gasteiger partial charge in [0, 0.05) is 12.7 Å². The van der Waals surface area contributed by atoms with E-state index in [9.17, 15) is 18.4 Å². The van der Waals surface area contributed by atoms with Crippen LogP contribution in [0.2, 0.25) is 0 Å².